The highest BCUT2D eigenvalue weighted by molar-refractivity contribution is 5.56. The van der Waals surface area contributed by atoms with E-state index in [0.717, 1.165) is 44.1 Å². The van der Waals surface area contributed by atoms with Gasteiger partial charge in [-0.15, -0.1) is 5.10 Å². The average molecular weight is 275 g/mol. The largest absolute Gasteiger partial charge is 0.379 e. The Kier molecular flexibility index (Phi) is 4.88. The van der Waals surface area contributed by atoms with Gasteiger partial charge in [-0.2, -0.15) is 10.4 Å². The zero-order valence-corrected chi connectivity index (χ0v) is 12.3. The van der Waals surface area contributed by atoms with Crippen LogP contribution in [-0.4, -0.2) is 54.0 Å². The lowest BCUT2D eigenvalue weighted by atomic mass is 10.1. The molecule has 0 aromatic carbocycles. The number of nitrogens with one attached hydrogen (secondary N) is 1. The molecule has 1 unspecified atom stereocenters. The van der Waals surface area contributed by atoms with Crippen LogP contribution in [0.5, 0.6) is 0 Å². The van der Waals surface area contributed by atoms with Crippen LogP contribution in [0.2, 0.25) is 0 Å². The van der Waals surface area contributed by atoms with Gasteiger partial charge in [0.05, 0.1) is 18.9 Å². The van der Waals surface area contributed by atoms with Crippen LogP contribution in [0.25, 0.3) is 0 Å². The molecule has 0 spiro atoms. The highest BCUT2D eigenvalue weighted by Crippen LogP contribution is 2.18. The van der Waals surface area contributed by atoms with Gasteiger partial charge >= 0.3 is 0 Å². The van der Waals surface area contributed by atoms with Crippen molar-refractivity contribution >= 4 is 5.82 Å². The van der Waals surface area contributed by atoms with Crippen LogP contribution in [0.1, 0.15) is 23.7 Å². The van der Waals surface area contributed by atoms with Crippen molar-refractivity contribution in [2.45, 2.75) is 26.8 Å². The standard InChI is InChI=1S/C14H21N5O/c1-10(9-19-4-6-20-7-5-19)16-14-13(8-15)11(2)12(3)17-18-14/h10H,4-7,9H2,1-3H3,(H,16,18). The van der Waals surface area contributed by atoms with Gasteiger partial charge in [-0.25, -0.2) is 0 Å². The topological polar surface area (TPSA) is 74.1 Å². The molecule has 1 atom stereocenters. The Bertz CT molecular complexity index is 505. The Morgan fingerprint density at radius 2 is 2.05 bits per heavy atom. The normalized spacial score (nSPS) is 17.5. The van der Waals surface area contributed by atoms with E-state index in [4.69, 9.17) is 4.74 Å². The maximum absolute atomic E-state index is 9.27. The summed E-state index contributed by atoms with van der Waals surface area (Å²) in [5.74, 6) is 0.580. The number of hydrogen-bond acceptors (Lipinski definition) is 6. The first kappa shape index (κ1) is 14.7. The summed E-state index contributed by atoms with van der Waals surface area (Å²) in [4.78, 5) is 2.35. The molecular weight excluding hydrogens is 254 g/mol. The summed E-state index contributed by atoms with van der Waals surface area (Å²) in [6.07, 6.45) is 0. The molecule has 1 aliphatic heterocycles. The van der Waals surface area contributed by atoms with Gasteiger partial charge in [0, 0.05) is 25.7 Å². The number of nitrogens with zero attached hydrogens (tertiary/aromatic N) is 4. The minimum absolute atomic E-state index is 0.205. The number of aryl methyl sites for hydroxylation is 1. The third kappa shape index (κ3) is 3.44. The summed E-state index contributed by atoms with van der Waals surface area (Å²) >= 11 is 0. The second kappa shape index (κ2) is 6.64. The van der Waals surface area contributed by atoms with E-state index in [1.807, 2.05) is 13.8 Å². The third-order valence-electron chi connectivity index (χ3n) is 3.59. The van der Waals surface area contributed by atoms with E-state index in [2.05, 4.69) is 33.4 Å². The molecule has 6 heteroatoms. The first-order valence-electron chi connectivity index (χ1n) is 6.92. The Hall–Kier alpha value is -1.71. The van der Waals surface area contributed by atoms with Gasteiger partial charge in [-0.3, -0.25) is 4.90 Å². The van der Waals surface area contributed by atoms with Gasteiger partial charge in [0.25, 0.3) is 0 Å². The lowest BCUT2D eigenvalue weighted by molar-refractivity contribution is 0.0368. The Morgan fingerprint density at radius 3 is 2.70 bits per heavy atom. The summed E-state index contributed by atoms with van der Waals surface area (Å²) in [5.41, 5.74) is 2.28. The van der Waals surface area contributed by atoms with Crippen LogP contribution in [0.15, 0.2) is 0 Å². The van der Waals surface area contributed by atoms with E-state index in [1.165, 1.54) is 0 Å². The molecule has 1 N–H and O–H groups in total. The van der Waals surface area contributed by atoms with E-state index >= 15 is 0 Å². The Morgan fingerprint density at radius 1 is 1.35 bits per heavy atom. The van der Waals surface area contributed by atoms with Gasteiger partial charge in [0.1, 0.15) is 11.6 Å². The van der Waals surface area contributed by atoms with E-state index < -0.39 is 0 Å². The SMILES string of the molecule is Cc1nnc(NC(C)CN2CCOCC2)c(C#N)c1C. The molecule has 0 amide bonds. The molecule has 1 aromatic rings. The lowest BCUT2D eigenvalue weighted by Crippen LogP contribution is -2.42. The maximum Gasteiger partial charge on any atom is 0.167 e. The van der Waals surface area contributed by atoms with Crippen LogP contribution in [-0.2, 0) is 4.74 Å². The summed E-state index contributed by atoms with van der Waals surface area (Å²) in [7, 11) is 0. The minimum Gasteiger partial charge on any atom is -0.379 e. The van der Waals surface area contributed by atoms with E-state index in [-0.39, 0.29) is 6.04 Å². The fourth-order valence-electron chi connectivity index (χ4n) is 2.30. The molecule has 1 fully saturated rings. The van der Waals surface area contributed by atoms with Crippen molar-refractivity contribution in [2.24, 2.45) is 0 Å². The van der Waals surface area contributed by atoms with Gasteiger partial charge in [0.2, 0.25) is 0 Å². The summed E-state index contributed by atoms with van der Waals surface area (Å²) in [6.45, 7) is 10.3. The minimum atomic E-state index is 0.205. The molecule has 1 aliphatic rings. The Balaban J connectivity index is 2.02. The zero-order valence-electron chi connectivity index (χ0n) is 12.3. The predicted molar refractivity (Wildman–Crippen MR) is 76.6 cm³/mol. The third-order valence-corrected chi connectivity index (χ3v) is 3.59. The molecule has 20 heavy (non-hydrogen) atoms. The van der Waals surface area contributed by atoms with Crippen molar-refractivity contribution in [3.8, 4) is 6.07 Å². The number of aromatic nitrogens is 2. The summed E-state index contributed by atoms with van der Waals surface area (Å²) in [5, 5.41) is 20.8. The number of nitriles is 1. The second-order valence-corrected chi connectivity index (χ2v) is 5.20. The number of rotatable bonds is 4. The van der Waals surface area contributed by atoms with E-state index in [9.17, 15) is 5.26 Å². The van der Waals surface area contributed by atoms with E-state index in [0.29, 0.717) is 11.4 Å². The van der Waals surface area contributed by atoms with Crippen molar-refractivity contribution in [1.29, 1.82) is 5.26 Å². The molecule has 2 heterocycles. The van der Waals surface area contributed by atoms with Crippen LogP contribution >= 0.6 is 0 Å². The fourth-order valence-corrected chi connectivity index (χ4v) is 2.30. The molecule has 1 aromatic heterocycles. The highest BCUT2D eigenvalue weighted by Gasteiger charge is 2.16. The van der Waals surface area contributed by atoms with Crippen molar-refractivity contribution < 1.29 is 4.74 Å². The molecule has 0 bridgehead atoms. The van der Waals surface area contributed by atoms with Gasteiger partial charge in [-0.1, -0.05) is 0 Å². The quantitative estimate of drug-likeness (QED) is 0.887. The van der Waals surface area contributed by atoms with Gasteiger partial charge < -0.3 is 10.1 Å². The van der Waals surface area contributed by atoms with Crippen LogP contribution in [0, 0.1) is 25.2 Å². The van der Waals surface area contributed by atoms with Crippen LogP contribution in [0.4, 0.5) is 5.82 Å². The monoisotopic (exact) mass is 275 g/mol. The molecule has 6 nitrogen and oxygen atoms in total. The summed E-state index contributed by atoms with van der Waals surface area (Å²) in [6, 6.07) is 2.42. The van der Waals surface area contributed by atoms with E-state index in [1.54, 1.807) is 0 Å². The summed E-state index contributed by atoms with van der Waals surface area (Å²) < 4.78 is 5.34. The highest BCUT2D eigenvalue weighted by atomic mass is 16.5. The lowest BCUT2D eigenvalue weighted by Gasteiger charge is -2.29. The number of hydrogen-bond donors (Lipinski definition) is 1. The molecular formula is C14H21N5O. The number of morpholine rings is 1. The number of anilines is 1. The van der Waals surface area contributed by atoms with Crippen molar-refractivity contribution in [3.05, 3.63) is 16.8 Å². The molecule has 2 rings (SSSR count). The van der Waals surface area contributed by atoms with Crippen molar-refractivity contribution in [1.82, 2.24) is 15.1 Å². The fraction of sp³-hybridized carbons (Fsp3) is 0.643. The number of ether oxygens (including phenoxy) is 1. The maximum atomic E-state index is 9.27. The van der Waals surface area contributed by atoms with Crippen LogP contribution in [0.3, 0.4) is 0 Å². The molecule has 1 saturated heterocycles. The van der Waals surface area contributed by atoms with Crippen molar-refractivity contribution in [3.63, 3.8) is 0 Å². The van der Waals surface area contributed by atoms with Crippen LogP contribution < -0.4 is 5.32 Å². The molecule has 0 aliphatic carbocycles. The predicted octanol–water partition coefficient (Wildman–Crippen LogP) is 1.10. The molecule has 0 radical (unpaired) electrons. The van der Waals surface area contributed by atoms with Crippen molar-refractivity contribution in [2.75, 3.05) is 38.2 Å². The van der Waals surface area contributed by atoms with Gasteiger partial charge in [0.15, 0.2) is 5.82 Å². The first-order chi connectivity index (χ1) is 9.61. The average Bonchev–Trinajstić information content (AvgIpc) is 2.44. The zero-order chi connectivity index (χ0) is 14.5. The first-order valence-corrected chi connectivity index (χ1v) is 6.92. The second-order valence-electron chi connectivity index (χ2n) is 5.20. The molecule has 0 saturated carbocycles. The van der Waals surface area contributed by atoms with Gasteiger partial charge in [-0.05, 0) is 26.3 Å². The molecule has 108 valence electrons. The smallest absolute Gasteiger partial charge is 0.167 e. The Labute approximate surface area is 119 Å².